The molecule has 0 aromatic heterocycles. The fourth-order valence-electron chi connectivity index (χ4n) is 3.29. The Balaban J connectivity index is 0.00000210. The second-order valence-electron chi connectivity index (χ2n) is 6.23. The Labute approximate surface area is 153 Å². The molecule has 2 aromatic rings. The Morgan fingerprint density at radius 2 is 1.56 bits per heavy atom. The quantitative estimate of drug-likeness (QED) is 0.795. The lowest BCUT2D eigenvalue weighted by atomic mass is 10.1. The number of alkyl halides is 3. The van der Waals surface area contributed by atoms with E-state index in [-0.39, 0.29) is 11.4 Å². The number of likely N-dealkylation sites (N-methyl/N-ethyl adjacent to an activating group) is 1. The van der Waals surface area contributed by atoms with Crippen LogP contribution in [0.1, 0.15) is 12.5 Å². The molecule has 2 aliphatic heterocycles. The predicted molar refractivity (Wildman–Crippen MR) is 96.3 cm³/mol. The van der Waals surface area contributed by atoms with Crippen molar-refractivity contribution in [1.29, 1.82) is 0 Å². The number of anilines is 1. The molecule has 2 aliphatic rings. The van der Waals surface area contributed by atoms with E-state index in [2.05, 4.69) is 5.43 Å². The number of hydrogen-bond donors (Lipinski definition) is 2. The molecular formula is C19H18F3N3O2. The van der Waals surface area contributed by atoms with Gasteiger partial charge in [-0.1, -0.05) is 24.3 Å². The number of aliphatic hydroxyl groups excluding tert-OH is 1. The van der Waals surface area contributed by atoms with Crippen molar-refractivity contribution >= 4 is 17.1 Å². The second kappa shape index (κ2) is 6.24. The first-order valence-corrected chi connectivity index (χ1v) is 8.00. The molecule has 8 heteroatoms. The molecule has 0 radical (unpaired) electrons. The van der Waals surface area contributed by atoms with Crippen LogP contribution in [0.25, 0.3) is 11.4 Å². The van der Waals surface area contributed by atoms with Crippen molar-refractivity contribution in [2.75, 3.05) is 12.1 Å². The van der Waals surface area contributed by atoms with Gasteiger partial charge in [-0.3, -0.25) is 5.43 Å². The first kappa shape index (κ1) is 18.7. The summed E-state index contributed by atoms with van der Waals surface area (Å²) in [6.07, 6.45) is -4.40. The first-order chi connectivity index (χ1) is 12.3. The third-order valence-corrected chi connectivity index (χ3v) is 4.76. The van der Waals surface area contributed by atoms with Gasteiger partial charge in [0.15, 0.2) is 0 Å². The van der Waals surface area contributed by atoms with Crippen LogP contribution in [0.15, 0.2) is 60.1 Å². The fourth-order valence-corrected chi connectivity index (χ4v) is 3.29. The van der Waals surface area contributed by atoms with Crippen molar-refractivity contribution in [1.82, 2.24) is 10.3 Å². The topological polar surface area (TPSA) is 70.2 Å². The molecule has 27 heavy (non-hydrogen) atoms. The molecule has 0 fully saturated rings. The second-order valence-corrected chi connectivity index (χ2v) is 6.23. The maximum Gasteiger partial charge on any atom is 0.416 e. The highest BCUT2D eigenvalue weighted by Gasteiger charge is 2.34. The molecule has 142 valence electrons. The Kier molecular flexibility index (Phi) is 4.31. The van der Waals surface area contributed by atoms with E-state index in [1.165, 1.54) is 17.1 Å². The minimum atomic E-state index is -4.40. The summed E-state index contributed by atoms with van der Waals surface area (Å²) in [5.41, 5.74) is 5.06. The van der Waals surface area contributed by atoms with E-state index in [0.717, 1.165) is 28.3 Å². The van der Waals surface area contributed by atoms with Crippen LogP contribution in [0.4, 0.5) is 18.9 Å². The highest BCUT2D eigenvalue weighted by atomic mass is 19.4. The standard InChI is InChI=1S/C19H16F3N3O.H2O/c1-11-14-5-3-4-6-15(14)16-17(24(11)2)18(26)25(23-16)13-9-7-12(8-10-13)19(20,21)22;/h3-10,23,26H,1-2H3;1H2. The average Bonchev–Trinajstić information content (AvgIpc) is 2.97. The summed E-state index contributed by atoms with van der Waals surface area (Å²) in [4.78, 5) is 1.87. The van der Waals surface area contributed by atoms with Gasteiger partial charge in [0.2, 0.25) is 5.88 Å². The molecule has 5 nitrogen and oxygen atoms in total. The Hall–Kier alpha value is -3.13. The van der Waals surface area contributed by atoms with Crippen LogP contribution in [0.2, 0.25) is 0 Å². The van der Waals surface area contributed by atoms with E-state index in [1.54, 1.807) is 0 Å². The lowest BCUT2D eigenvalue weighted by molar-refractivity contribution is -0.137. The van der Waals surface area contributed by atoms with Gasteiger partial charge in [-0.15, -0.1) is 0 Å². The van der Waals surface area contributed by atoms with Crippen LogP contribution in [0.3, 0.4) is 0 Å². The minimum Gasteiger partial charge on any atom is -0.492 e. The molecule has 4 rings (SSSR count). The molecule has 0 bridgehead atoms. The van der Waals surface area contributed by atoms with Gasteiger partial charge in [0.25, 0.3) is 0 Å². The highest BCUT2D eigenvalue weighted by Crippen LogP contribution is 2.34. The summed E-state index contributed by atoms with van der Waals surface area (Å²) in [5, 5.41) is 14.1. The summed E-state index contributed by atoms with van der Waals surface area (Å²) in [7, 11) is 1.84. The summed E-state index contributed by atoms with van der Waals surface area (Å²) in [5.74, 6) is -0.0592. The number of hydrogen-bond acceptors (Lipinski definition) is 4. The van der Waals surface area contributed by atoms with Crippen molar-refractivity contribution < 1.29 is 23.8 Å². The van der Waals surface area contributed by atoms with Gasteiger partial charge in [-0.25, -0.2) is 5.01 Å². The number of hydrazine groups is 1. The Morgan fingerprint density at radius 3 is 2.15 bits per heavy atom. The van der Waals surface area contributed by atoms with E-state index in [4.69, 9.17) is 0 Å². The maximum atomic E-state index is 12.8. The van der Waals surface area contributed by atoms with Crippen LogP contribution in [-0.4, -0.2) is 22.5 Å². The largest absolute Gasteiger partial charge is 0.492 e. The number of nitrogens with zero attached hydrogens (tertiary/aromatic N) is 2. The van der Waals surface area contributed by atoms with Crippen molar-refractivity contribution in [2.24, 2.45) is 0 Å². The molecule has 4 N–H and O–H groups in total. The number of aliphatic hydroxyl groups is 1. The predicted octanol–water partition coefficient (Wildman–Crippen LogP) is 1.81. The van der Waals surface area contributed by atoms with Gasteiger partial charge < -0.3 is 15.5 Å². The van der Waals surface area contributed by atoms with Gasteiger partial charge in [-0.05, 0) is 31.2 Å². The van der Waals surface area contributed by atoms with E-state index >= 15 is 0 Å². The van der Waals surface area contributed by atoms with E-state index in [9.17, 15) is 18.3 Å². The van der Waals surface area contributed by atoms with Crippen molar-refractivity contribution in [3.8, 4) is 0 Å². The van der Waals surface area contributed by atoms with Gasteiger partial charge in [0.1, 0.15) is 5.70 Å². The maximum absolute atomic E-state index is 12.8. The minimum absolute atomic E-state index is 0. The SMILES string of the molecule is CC1=c2ccccc2=C2NN(c3ccc(C(F)(F)F)cc3)C(O)=C2N1C.O. The van der Waals surface area contributed by atoms with Crippen LogP contribution in [-0.2, 0) is 6.18 Å². The summed E-state index contributed by atoms with van der Waals surface area (Å²) in [6, 6.07) is 12.4. The van der Waals surface area contributed by atoms with E-state index in [0.29, 0.717) is 17.1 Å². The number of halogens is 3. The molecule has 2 aromatic carbocycles. The normalized spacial score (nSPS) is 16.0. The zero-order chi connectivity index (χ0) is 18.6. The zero-order valence-electron chi connectivity index (χ0n) is 14.6. The molecule has 0 spiro atoms. The zero-order valence-corrected chi connectivity index (χ0v) is 14.6. The van der Waals surface area contributed by atoms with Gasteiger partial charge in [0, 0.05) is 23.2 Å². The lowest BCUT2D eigenvalue weighted by Gasteiger charge is -2.25. The molecule has 0 amide bonds. The Morgan fingerprint density at radius 1 is 0.963 bits per heavy atom. The van der Waals surface area contributed by atoms with E-state index in [1.807, 2.05) is 43.1 Å². The summed E-state index contributed by atoms with van der Waals surface area (Å²) < 4.78 is 38.3. The van der Waals surface area contributed by atoms with Crippen LogP contribution in [0, 0.1) is 0 Å². The summed E-state index contributed by atoms with van der Waals surface area (Å²) in [6.45, 7) is 1.96. The van der Waals surface area contributed by atoms with Crippen LogP contribution < -0.4 is 20.9 Å². The van der Waals surface area contributed by atoms with Gasteiger partial charge >= 0.3 is 6.18 Å². The third kappa shape index (κ3) is 2.78. The van der Waals surface area contributed by atoms with Gasteiger partial charge in [-0.2, -0.15) is 13.2 Å². The number of rotatable bonds is 1. The third-order valence-electron chi connectivity index (χ3n) is 4.76. The first-order valence-electron chi connectivity index (χ1n) is 8.00. The molecule has 0 saturated heterocycles. The smallest absolute Gasteiger partial charge is 0.416 e. The van der Waals surface area contributed by atoms with Crippen molar-refractivity contribution in [3.63, 3.8) is 0 Å². The number of nitrogens with one attached hydrogen (secondary N) is 1. The van der Waals surface area contributed by atoms with Crippen molar-refractivity contribution in [3.05, 3.63) is 76.1 Å². The lowest BCUT2D eigenvalue weighted by Crippen LogP contribution is -2.42. The molecular weight excluding hydrogens is 359 g/mol. The molecule has 0 unspecified atom stereocenters. The van der Waals surface area contributed by atoms with Gasteiger partial charge in [0.05, 0.1) is 16.9 Å². The van der Waals surface area contributed by atoms with Crippen LogP contribution >= 0.6 is 0 Å². The number of fused-ring (bicyclic) bond motifs is 2. The highest BCUT2D eigenvalue weighted by molar-refractivity contribution is 5.77. The molecule has 2 heterocycles. The molecule has 0 aliphatic carbocycles. The molecule has 0 atom stereocenters. The monoisotopic (exact) mass is 377 g/mol. The van der Waals surface area contributed by atoms with Crippen molar-refractivity contribution in [2.45, 2.75) is 13.1 Å². The van der Waals surface area contributed by atoms with E-state index < -0.39 is 11.7 Å². The number of benzene rings is 2. The fraction of sp³-hybridized carbons (Fsp3) is 0.158. The molecule has 0 saturated carbocycles. The summed E-state index contributed by atoms with van der Waals surface area (Å²) >= 11 is 0. The Bertz CT molecular complexity index is 1040. The van der Waals surface area contributed by atoms with Crippen LogP contribution in [0.5, 0.6) is 0 Å². The average molecular weight is 377 g/mol.